The van der Waals surface area contributed by atoms with E-state index in [0.29, 0.717) is 0 Å². The molecule has 0 saturated carbocycles. The van der Waals surface area contributed by atoms with E-state index < -0.39 is 0 Å². The summed E-state index contributed by atoms with van der Waals surface area (Å²) < 4.78 is 0. The molecule has 0 radical (unpaired) electrons. The Bertz CT molecular complexity index is 585. The lowest BCUT2D eigenvalue weighted by atomic mass is 9.98. The Labute approximate surface area is 99.5 Å². The molecule has 16 heavy (non-hydrogen) atoms. The fraction of sp³-hybridized carbons (Fsp3) is 0. The average molecular weight is 234 g/mol. The van der Waals surface area contributed by atoms with Gasteiger partial charge >= 0.3 is 0 Å². The number of hydrogen-bond donors (Lipinski definition) is 3. The van der Waals surface area contributed by atoms with E-state index in [-0.39, 0.29) is 12.4 Å². The van der Waals surface area contributed by atoms with Gasteiger partial charge in [-0.3, -0.25) is 0 Å². The fourth-order valence-corrected chi connectivity index (χ4v) is 2.06. The van der Waals surface area contributed by atoms with E-state index in [1.807, 2.05) is 24.3 Å². The van der Waals surface area contributed by atoms with E-state index in [9.17, 15) is 0 Å². The highest BCUT2D eigenvalue weighted by molar-refractivity contribution is 6.04. The summed E-state index contributed by atoms with van der Waals surface area (Å²) in [6, 6.07) is 12.3. The molecule has 2 aromatic carbocycles. The van der Waals surface area contributed by atoms with Crippen molar-refractivity contribution in [2.45, 2.75) is 0 Å². The molecule has 0 bridgehead atoms. The molecule has 3 rings (SSSR count). The zero-order chi connectivity index (χ0) is 10.4. The lowest BCUT2D eigenvalue weighted by molar-refractivity contribution is -0.298. The van der Waals surface area contributed by atoms with Crippen LogP contribution in [0.4, 0.5) is 5.69 Å². The number of hydrogen-bond acceptors (Lipinski definition) is 2. The van der Waals surface area contributed by atoms with Gasteiger partial charge in [0, 0.05) is 10.9 Å². The molecule has 0 unspecified atom stereocenters. The smallest absolute Gasteiger partial charge is 0.225 e. The zero-order valence-electron chi connectivity index (χ0n) is 8.63. The van der Waals surface area contributed by atoms with Crippen molar-refractivity contribution in [1.82, 2.24) is 0 Å². The molecule has 1 aliphatic heterocycles. The summed E-state index contributed by atoms with van der Waals surface area (Å²) in [5.74, 6) is 0.779. The molecule has 0 fully saturated rings. The third-order valence-corrected chi connectivity index (χ3v) is 2.81. The second kappa shape index (κ2) is 3.70. The first-order valence-electron chi connectivity index (χ1n) is 4.88. The van der Waals surface area contributed by atoms with Gasteiger partial charge in [0.05, 0.1) is 5.69 Å². The standard InChI is InChI=1S/C12H11N3.ClH/c13-11-8-5-1-3-7-4-2-6-9(10(7)8)15-12(11)14;/h1-6,15H,13-14H2;1H. The number of rotatable bonds is 0. The van der Waals surface area contributed by atoms with Gasteiger partial charge in [0.25, 0.3) is 0 Å². The van der Waals surface area contributed by atoms with Gasteiger partial charge in [0.2, 0.25) is 5.82 Å². The van der Waals surface area contributed by atoms with E-state index >= 15 is 0 Å². The Morgan fingerprint density at radius 2 is 1.75 bits per heavy atom. The minimum absolute atomic E-state index is 0. The number of anilines is 1. The van der Waals surface area contributed by atoms with Gasteiger partial charge in [-0.1, -0.05) is 30.3 Å². The van der Waals surface area contributed by atoms with Crippen LogP contribution in [-0.2, 0) is 0 Å². The van der Waals surface area contributed by atoms with E-state index in [1.165, 1.54) is 10.8 Å². The predicted octanol–water partition coefficient (Wildman–Crippen LogP) is -1.90. The highest BCUT2D eigenvalue weighted by Gasteiger charge is 2.18. The molecule has 0 atom stereocenters. The van der Waals surface area contributed by atoms with Gasteiger partial charge in [-0.15, -0.1) is 0 Å². The summed E-state index contributed by atoms with van der Waals surface area (Å²) in [4.78, 5) is 0. The minimum Gasteiger partial charge on any atom is -1.00 e. The molecule has 3 nitrogen and oxygen atoms in total. The SMILES string of the molecule is NC1=C([NH3+])Nc2cccc3cccc1c23.[Cl-]. The molecular weight excluding hydrogens is 222 g/mol. The van der Waals surface area contributed by atoms with Crippen LogP contribution in [0, 0.1) is 0 Å². The summed E-state index contributed by atoms with van der Waals surface area (Å²) in [5.41, 5.74) is 12.8. The summed E-state index contributed by atoms with van der Waals surface area (Å²) >= 11 is 0. The predicted molar refractivity (Wildman–Crippen MR) is 61.6 cm³/mol. The quantitative estimate of drug-likeness (QED) is 0.498. The first kappa shape index (κ1) is 10.8. The summed E-state index contributed by atoms with van der Waals surface area (Å²) in [7, 11) is 0. The van der Waals surface area contributed by atoms with Crippen LogP contribution >= 0.6 is 0 Å². The van der Waals surface area contributed by atoms with Crippen LogP contribution in [-0.4, -0.2) is 0 Å². The van der Waals surface area contributed by atoms with Gasteiger partial charge in [0.1, 0.15) is 5.70 Å². The highest BCUT2D eigenvalue weighted by atomic mass is 35.5. The molecule has 1 aliphatic rings. The van der Waals surface area contributed by atoms with Crippen molar-refractivity contribution in [3.63, 3.8) is 0 Å². The van der Waals surface area contributed by atoms with Crippen LogP contribution < -0.4 is 29.2 Å². The second-order valence-corrected chi connectivity index (χ2v) is 3.73. The second-order valence-electron chi connectivity index (χ2n) is 3.73. The third-order valence-electron chi connectivity index (χ3n) is 2.81. The molecule has 82 valence electrons. The molecule has 0 aromatic heterocycles. The van der Waals surface area contributed by atoms with Crippen molar-refractivity contribution in [3.05, 3.63) is 47.8 Å². The Hall–Kier alpha value is -1.71. The number of benzene rings is 2. The number of quaternary nitrogens is 1. The molecule has 1 heterocycles. The Balaban J connectivity index is 0.000000963. The number of nitrogens with one attached hydrogen (secondary N) is 1. The van der Waals surface area contributed by atoms with Gasteiger partial charge in [0.15, 0.2) is 0 Å². The molecule has 0 saturated heterocycles. The Kier molecular flexibility index (Phi) is 2.50. The van der Waals surface area contributed by atoms with Crippen LogP contribution in [0.15, 0.2) is 42.2 Å². The van der Waals surface area contributed by atoms with Crippen molar-refractivity contribution in [2.24, 2.45) is 5.73 Å². The van der Waals surface area contributed by atoms with Crippen molar-refractivity contribution in [1.29, 1.82) is 0 Å². The lowest BCUT2D eigenvalue weighted by Gasteiger charge is -2.18. The van der Waals surface area contributed by atoms with Crippen LogP contribution in [0.2, 0.25) is 0 Å². The van der Waals surface area contributed by atoms with Gasteiger partial charge in [-0.2, -0.15) is 0 Å². The first-order valence-corrected chi connectivity index (χ1v) is 4.88. The summed E-state index contributed by atoms with van der Waals surface area (Å²) in [6.07, 6.45) is 0. The first-order chi connectivity index (χ1) is 7.27. The normalized spacial score (nSPS) is 13.3. The van der Waals surface area contributed by atoms with Crippen LogP contribution in [0.5, 0.6) is 0 Å². The van der Waals surface area contributed by atoms with Crippen LogP contribution in [0.25, 0.3) is 16.5 Å². The zero-order valence-corrected chi connectivity index (χ0v) is 9.38. The summed E-state index contributed by atoms with van der Waals surface area (Å²) in [6.45, 7) is 0. The maximum atomic E-state index is 6.00. The molecule has 0 aliphatic carbocycles. The van der Waals surface area contributed by atoms with Crippen molar-refractivity contribution in [3.8, 4) is 0 Å². The number of halogens is 1. The fourth-order valence-electron chi connectivity index (χ4n) is 2.06. The highest BCUT2D eigenvalue weighted by Crippen LogP contribution is 2.33. The van der Waals surface area contributed by atoms with Gasteiger partial charge in [-0.25, -0.2) is 0 Å². The van der Waals surface area contributed by atoms with Crippen LogP contribution in [0.1, 0.15) is 5.56 Å². The van der Waals surface area contributed by atoms with E-state index in [4.69, 9.17) is 5.73 Å². The maximum absolute atomic E-state index is 6.00. The van der Waals surface area contributed by atoms with E-state index in [1.54, 1.807) is 0 Å². The largest absolute Gasteiger partial charge is 1.00 e. The van der Waals surface area contributed by atoms with E-state index in [0.717, 1.165) is 22.8 Å². The molecule has 2 aromatic rings. The topological polar surface area (TPSA) is 65.7 Å². The maximum Gasteiger partial charge on any atom is 0.225 e. The lowest BCUT2D eigenvalue weighted by Crippen LogP contribution is -3.00. The van der Waals surface area contributed by atoms with Gasteiger partial charge in [-0.05, 0) is 11.5 Å². The summed E-state index contributed by atoms with van der Waals surface area (Å²) in [5, 5.41) is 5.60. The molecule has 4 heteroatoms. The third kappa shape index (κ3) is 1.33. The Morgan fingerprint density at radius 1 is 1.06 bits per heavy atom. The monoisotopic (exact) mass is 233 g/mol. The van der Waals surface area contributed by atoms with Crippen molar-refractivity contribution in [2.75, 3.05) is 5.32 Å². The minimum atomic E-state index is 0. The molecule has 0 amide bonds. The molecular formula is C12H12ClN3. The molecule has 6 N–H and O–H groups in total. The molecule has 0 spiro atoms. The van der Waals surface area contributed by atoms with Gasteiger partial charge < -0.3 is 29.2 Å². The van der Waals surface area contributed by atoms with Crippen molar-refractivity contribution >= 4 is 22.2 Å². The van der Waals surface area contributed by atoms with Crippen LogP contribution in [0.3, 0.4) is 0 Å². The Morgan fingerprint density at radius 3 is 2.50 bits per heavy atom. The average Bonchev–Trinajstić information content (AvgIpc) is 2.26. The van der Waals surface area contributed by atoms with Crippen molar-refractivity contribution < 1.29 is 18.1 Å². The number of nitrogens with two attached hydrogens (primary N) is 1. The van der Waals surface area contributed by atoms with E-state index in [2.05, 4.69) is 23.2 Å².